The molecule has 20 nitrogen and oxygen atoms in total. The smallest absolute Gasteiger partial charge is 0.325 e. The zero-order valence-corrected chi connectivity index (χ0v) is 39.2. The molecule has 3 aromatic rings. The molecule has 0 radical (unpaired) electrons. The third-order valence-corrected chi connectivity index (χ3v) is 11.2. The number of benzene rings is 3. The molecular weight excluding hydrogens is 877 g/mol. The molecule has 3 aromatic carbocycles. The lowest BCUT2D eigenvalue weighted by Gasteiger charge is -2.26. The van der Waals surface area contributed by atoms with Gasteiger partial charge in [0.15, 0.2) is 0 Å². The molecule has 0 saturated carbocycles. The van der Waals surface area contributed by atoms with Crippen molar-refractivity contribution in [3.8, 4) is 5.75 Å². The van der Waals surface area contributed by atoms with E-state index in [0.29, 0.717) is 63.7 Å². The molecule has 0 heterocycles. The van der Waals surface area contributed by atoms with Gasteiger partial charge in [0.2, 0.25) is 41.4 Å². The van der Waals surface area contributed by atoms with Gasteiger partial charge in [0.1, 0.15) is 48.0 Å². The van der Waals surface area contributed by atoms with Crippen LogP contribution < -0.4 is 54.4 Å². The van der Waals surface area contributed by atoms with E-state index in [2.05, 4.69) is 37.2 Å². The van der Waals surface area contributed by atoms with Gasteiger partial charge in [-0.15, -0.1) is 0 Å². The number of rotatable bonds is 30. The number of amides is 7. The molecule has 372 valence electrons. The number of unbranched alkanes of at least 4 members (excludes halogenated alkanes) is 3. The maximum atomic E-state index is 13.8. The highest BCUT2D eigenvalue weighted by molar-refractivity contribution is 5.98. The van der Waals surface area contributed by atoms with Crippen molar-refractivity contribution in [2.45, 2.75) is 134 Å². The van der Waals surface area contributed by atoms with E-state index in [1.54, 1.807) is 12.1 Å². The molecule has 0 aliphatic carbocycles. The van der Waals surface area contributed by atoms with Crippen LogP contribution in [0.2, 0.25) is 0 Å². The first-order valence-corrected chi connectivity index (χ1v) is 23.2. The number of phenols is 1. The minimum Gasteiger partial charge on any atom is -0.508 e. The lowest BCUT2D eigenvalue weighted by molar-refractivity contribution is -0.142. The summed E-state index contributed by atoms with van der Waals surface area (Å²) in [7, 11) is 0. The Balaban J connectivity index is 1.72. The maximum absolute atomic E-state index is 13.8. The standard InChI is InChI=1S/C48H70N10O10/c1-29(42(61)57-39(19-8-11-26-51)46(65)58-38(18-7-10-25-50)45(64)54-31(3)48(67)68)52-44(63)37(17-6-9-24-49)56-43(62)30(2)53-47(66)40(27-32-20-22-35(59)23-21-32)55-41(60)28-34-15-12-14-33-13-4-5-16-36(33)34/h4-5,12-16,20-23,29-31,37-40,59H,6-11,17-19,24-28,49-51H2,1-3H3,(H,52,63)(H,53,66)(H,54,64)(H,55,60)(H,56,62)(H,57,61)(H,58,65)(H,67,68). The minimum absolute atomic E-state index is 0.0164. The Morgan fingerprint density at radius 1 is 0.485 bits per heavy atom. The van der Waals surface area contributed by atoms with Gasteiger partial charge in [-0.05, 0) is 132 Å². The summed E-state index contributed by atoms with van der Waals surface area (Å²) in [5, 5.41) is 39.3. The fraction of sp³-hybridized carbons (Fsp3) is 0.500. The average molecular weight is 947 g/mol. The van der Waals surface area contributed by atoms with Crippen molar-refractivity contribution in [1.82, 2.24) is 37.2 Å². The molecule has 0 aliphatic rings. The van der Waals surface area contributed by atoms with Gasteiger partial charge in [-0.3, -0.25) is 38.4 Å². The van der Waals surface area contributed by atoms with E-state index in [1.807, 2.05) is 42.5 Å². The largest absolute Gasteiger partial charge is 0.508 e. The molecule has 15 N–H and O–H groups in total. The summed E-state index contributed by atoms with van der Waals surface area (Å²) in [6.07, 6.45) is 3.27. The molecule has 7 amide bonds. The Labute approximate surface area is 397 Å². The van der Waals surface area contributed by atoms with Gasteiger partial charge in [-0.1, -0.05) is 54.6 Å². The highest BCUT2D eigenvalue weighted by Crippen LogP contribution is 2.19. The van der Waals surface area contributed by atoms with E-state index in [1.165, 1.54) is 32.9 Å². The zero-order chi connectivity index (χ0) is 50.2. The second-order valence-corrected chi connectivity index (χ2v) is 16.9. The molecular formula is C48H70N10O10. The maximum Gasteiger partial charge on any atom is 0.325 e. The first kappa shape index (κ1) is 55.7. The number of carboxylic acid groups (broad SMARTS) is 1. The predicted molar refractivity (Wildman–Crippen MR) is 256 cm³/mol. The predicted octanol–water partition coefficient (Wildman–Crippen LogP) is 0.255. The molecule has 0 saturated heterocycles. The van der Waals surface area contributed by atoms with Crippen molar-refractivity contribution in [2.75, 3.05) is 19.6 Å². The van der Waals surface area contributed by atoms with Crippen LogP contribution in [0.15, 0.2) is 66.7 Å². The number of hydrogen-bond acceptors (Lipinski definition) is 12. The molecule has 7 unspecified atom stereocenters. The number of aliphatic carboxylic acids is 1. The van der Waals surface area contributed by atoms with Crippen LogP contribution in [-0.2, 0) is 51.2 Å². The molecule has 68 heavy (non-hydrogen) atoms. The van der Waals surface area contributed by atoms with Crippen LogP contribution in [0.1, 0.15) is 89.7 Å². The highest BCUT2D eigenvalue weighted by atomic mass is 16.4. The average Bonchev–Trinajstić information content (AvgIpc) is 3.30. The molecule has 0 fully saturated rings. The Bertz CT molecular complexity index is 2150. The van der Waals surface area contributed by atoms with Crippen molar-refractivity contribution in [3.63, 3.8) is 0 Å². The van der Waals surface area contributed by atoms with Crippen LogP contribution in [0.25, 0.3) is 10.8 Å². The summed E-state index contributed by atoms with van der Waals surface area (Å²) in [6, 6.07) is 11.1. The first-order chi connectivity index (χ1) is 32.5. The van der Waals surface area contributed by atoms with Crippen LogP contribution in [-0.4, -0.2) is 119 Å². The van der Waals surface area contributed by atoms with Gasteiger partial charge in [-0.25, -0.2) is 0 Å². The number of carbonyl (C=O) groups is 8. The fourth-order valence-corrected chi connectivity index (χ4v) is 7.23. The quantitative estimate of drug-likeness (QED) is 0.0400. The van der Waals surface area contributed by atoms with Gasteiger partial charge < -0.3 is 64.6 Å². The van der Waals surface area contributed by atoms with Crippen LogP contribution in [0, 0.1) is 0 Å². The number of phenolic OH excluding ortho intramolecular Hbond substituents is 1. The Morgan fingerprint density at radius 3 is 1.40 bits per heavy atom. The van der Waals surface area contributed by atoms with E-state index in [9.17, 15) is 48.6 Å². The second-order valence-electron chi connectivity index (χ2n) is 16.9. The van der Waals surface area contributed by atoms with Gasteiger partial charge in [0, 0.05) is 6.42 Å². The summed E-state index contributed by atoms with van der Waals surface area (Å²) in [5.41, 5.74) is 18.4. The van der Waals surface area contributed by atoms with E-state index in [-0.39, 0.29) is 37.9 Å². The molecule has 0 aliphatic heterocycles. The van der Waals surface area contributed by atoms with E-state index in [0.717, 1.165) is 16.3 Å². The first-order valence-electron chi connectivity index (χ1n) is 23.2. The Hall–Kier alpha value is -6.64. The summed E-state index contributed by atoms with van der Waals surface area (Å²) in [5.74, 6) is -5.99. The fourth-order valence-electron chi connectivity index (χ4n) is 7.23. The SMILES string of the molecule is CC(NC(=O)C(CCCCN)NC(=O)C(CCCCN)NC(=O)C(C)NC(=O)C(CCCCN)NC(=O)C(C)NC(=O)C(Cc1ccc(O)cc1)NC(=O)Cc1cccc2ccccc12)C(=O)O. The Morgan fingerprint density at radius 2 is 0.912 bits per heavy atom. The van der Waals surface area contributed by atoms with Gasteiger partial charge in [-0.2, -0.15) is 0 Å². The summed E-state index contributed by atoms with van der Waals surface area (Å²) in [4.78, 5) is 106. The van der Waals surface area contributed by atoms with Crippen LogP contribution in [0.4, 0.5) is 0 Å². The van der Waals surface area contributed by atoms with Crippen LogP contribution in [0.3, 0.4) is 0 Å². The molecule has 0 bridgehead atoms. The summed E-state index contributed by atoms with van der Waals surface area (Å²) < 4.78 is 0. The topological polar surface area (TPSA) is 339 Å². The molecule has 0 aromatic heterocycles. The van der Waals surface area contributed by atoms with Crippen molar-refractivity contribution < 1.29 is 48.6 Å². The van der Waals surface area contributed by atoms with Crippen molar-refractivity contribution in [1.29, 1.82) is 0 Å². The minimum atomic E-state index is -1.27. The highest BCUT2D eigenvalue weighted by Gasteiger charge is 2.32. The van der Waals surface area contributed by atoms with Gasteiger partial charge in [0.05, 0.1) is 6.42 Å². The van der Waals surface area contributed by atoms with E-state index >= 15 is 0 Å². The van der Waals surface area contributed by atoms with Crippen LogP contribution in [0.5, 0.6) is 5.75 Å². The van der Waals surface area contributed by atoms with Crippen LogP contribution >= 0.6 is 0 Å². The third kappa shape index (κ3) is 18.9. The van der Waals surface area contributed by atoms with Gasteiger partial charge in [0.25, 0.3) is 0 Å². The molecule has 7 atom stereocenters. The van der Waals surface area contributed by atoms with Crippen molar-refractivity contribution in [2.24, 2.45) is 17.2 Å². The summed E-state index contributed by atoms with van der Waals surface area (Å²) >= 11 is 0. The molecule has 20 heteroatoms. The monoisotopic (exact) mass is 947 g/mol. The second kappa shape index (κ2) is 29.2. The van der Waals surface area contributed by atoms with E-state index < -0.39 is 89.6 Å². The molecule has 0 spiro atoms. The lowest BCUT2D eigenvalue weighted by atomic mass is 10.0. The molecule has 3 rings (SSSR count). The Kier molecular flexibility index (Phi) is 23.9. The number of nitrogens with two attached hydrogens (primary N) is 3. The lowest BCUT2D eigenvalue weighted by Crippen LogP contribution is -2.59. The number of carbonyl (C=O) groups excluding carboxylic acids is 7. The number of hydrogen-bond donors (Lipinski definition) is 12. The van der Waals surface area contributed by atoms with Crippen molar-refractivity contribution >= 4 is 58.1 Å². The zero-order valence-electron chi connectivity index (χ0n) is 39.2. The van der Waals surface area contributed by atoms with Gasteiger partial charge >= 0.3 is 5.97 Å². The van der Waals surface area contributed by atoms with E-state index in [4.69, 9.17) is 17.2 Å². The normalized spacial score (nSPS) is 14.1. The number of fused-ring (bicyclic) bond motifs is 1. The van der Waals surface area contributed by atoms with Crippen molar-refractivity contribution in [3.05, 3.63) is 77.9 Å². The number of aromatic hydroxyl groups is 1. The third-order valence-electron chi connectivity index (χ3n) is 11.2. The summed E-state index contributed by atoms with van der Waals surface area (Å²) in [6.45, 7) is 5.05. The number of carboxylic acids is 1. The number of nitrogens with one attached hydrogen (secondary N) is 7.